The van der Waals surface area contributed by atoms with Gasteiger partial charge in [0.1, 0.15) is 17.3 Å². The van der Waals surface area contributed by atoms with Gasteiger partial charge in [0.25, 0.3) is 0 Å². The molecule has 1 aliphatic rings. The van der Waals surface area contributed by atoms with Gasteiger partial charge in [-0.1, -0.05) is 6.07 Å². The van der Waals surface area contributed by atoms with Crippen molar-refractivity contribution in [3.8, 4) is 0 Å². The lowest BCUT2D eigenvalue weighted by Crippen LogP contribution is -2.34. The molecule has 2 aromatic heterocycles. The van der Waals surface area contributed by atoms with Crippen LogP contribution in [-0.2, 0) is 6.42 Å². The van der Waals surface area contributed by atoms with E-state index in [-0.39, 0.29) is 5.84 Å². The van der Waals surface area contributed by atoms with Crippen LogP contribution in [0.5, 0.6) is 0 Å². The fraction of sp³-hybridized carbons (Fsp3) is 0.286. The Balaban J connectivity index is 1.95. The van der Waals surface area contributed by atoms with Gasteiger partial charge in [-0.25, -0.2) is 4.98 Å². The Kier molecular flexibility index (Phi) is 2.98. The standard InChI is InChI=1S/C14H16N4S/c1-9-10-6-8-19-12(10)5-7-18(9)13-4-2-3-11(17-13)14(15)16/h2-4,6,8-9H,5,7H2,1H3,(H3,15,16). The number of thiophene rings is 1. The third-order valence-corrected chi connectivity index (χ3v) is 4.58. The number of fused-ring (bicyclic) bond motifs is 1. The number of pyridine rings is 1. The number of anilines is 1. The second-order valence-electron chi connectivity index (χ2n) is 4.71. The molecule has 5 heteroatoms. The van der Waals surface area contributed by atoms with Crippen molar-refractivity contribution in [2.75, 3.05) is 11.4 Å². The van der Waals surface area contributed by atoms with Crippen LogP contribution >= 0.6 is 11.3 Å². The normalized spacial score (nSPS) is 18.2. The van der Waals surface area contributed by atoms with Crippen molar-refractivity contribution in [3.05, 3.63) is 45.8 Å². The van der Waals surface area contributed by atoms with Crippen molar-refractivity contribution in [2.45, 2.75) is 19.4 Å². The van der Waals surface area contributed by atoms with E-state index in [0.717, 1.165) is 18.8 Å². The van der Waals surface area contributed by atoms with E-state index in [1.807, 2.05) is 23.5 Å². The van der Waals surface area contributed by atoms with E-state index in [2.05, 4.69) is 28.3 Å². The molecule has 98 valence electrons. The molecule has 1 unspecified atom stereocenters. The number of nitrogens with zero attached hydrogens (tertiary/aromatic N) is 2. The molecule has 0 amide bonds. The van der Waals surface area contributed by atoms with Crippen LogP contribution in [0.2, 0.25) is 0 Å². The molecular weight excluding hydrogens is 256 g/mol. The van der Waals surface area contributed by atoms with E-state index < -0.39 is 0 Å². The summed E-state index contributed by atoms with van der Waals surface area (Å²) in [6.45, 7) is 3.16. The highest BCUT2D eigenvalue weighted by Crippen LogP contribution is 2.35. The summed E-state index contributed by atoms with van der Waals surface area (Å²) < 4.78 is 0. The summed E-state index contributed by atoms with van der Waals surface area (Å²) in [7, 11) is 0. The molecule has 3 N–H and O–H groups in total. The highest BCUT2D eigenvalue weighted by Gasteiger charge is 2.25. The summed E-state index contributed by atoms with van der Waals surface area (Å²) in [5.41, 5.74) is 7.45. The molecule has 4 nitrogen and oxygen atoms in total. The van der Waals surface area contributed by atoms with Gasteiger partial charge >= 0.3 is 0 Å². The molecular formula is C14H16N4S. The van der Waals surface area contributed by atoms with Gasteiger partial charge in [-0.2, -0.15) is 0 Å². The summed E-state index contributed by atoms with van der Waals surface area (Å²) in [5.74, 6) is 0.916. The van der Waals surface area contributed by atoms with Crippen LogP contribution in [0.4, 0.5) is 5.82 Å². The second-order valence-corrected chi connectivity index (χ2v) is 5.71. The zero-order chi connectivity index (χ0) is 13.4. The number of amidine groups is 1. The number of nitrogens with one attached hydrogen (secondary N) is 1. The Hall–Kier alpha value is -1.88. The van der Waals surface area contributed by atoms with Gasteiger partial charge < -0.3 is 10.6 Å². The molecule has 19 heavy (non-hydrogen) atoms. The van der Waals surface area contributed by atoms with Crippen molar-refractivity contribution < 1.29 is 0 Å². The first kappa shape index (κ1) is 12.2. The first-order valence-corrected chi connectivity index (χ1v) is 7.19. The van der Waals surface area contributed by atoms with Gasteiger partial charge in [0, 0.05) is 11.4 Å². The minimum absolute atomic E-state index is 0.0164. The van der Waals surface area contributed by atoms with Crippen molar-refractivity contribution in [1.29, 1.82) is 5.41 Å². The maximum atomic E-state index is 7.49. The molecule has 1 atom stereocenters. The SMILES string of the molecule is CC1c2ccsc2CCN1c1cccc(C(=N)N)n1. The summed E-state index contributed by atoms with van der Waals surface area (Å²) >= 11 is 1.83. The summed E-state index contributed by atoms with van der Waals surface area (Å²) in [6, 6.07) is 8.20. The topological polar surface area (TPSA) is 66.0 Å². The van der Waals surface area contributed by atoms with Crippen molar-refractivity contribution >= 4 is 23.0 Å². The zero-order valence-electron chi connectivity index (χ0n) is 10.8. The van der Waals surface area contributed by atoms with Crippen LogP contribution in [0.1, 0.15) is 29.1 Å². The van der Waals surface area contributed by atoms with E-state index >= 15 is 0 Å². The molecule has 2 aromatic rings. The minimum atomic E-state index is 0.0164. The summed E-state index contributed by atoms with van der Waals surface area (Å²) in [4.78, 5) is 8.24. The maximum Gasteiger partial charge on any atom is 0.141 e. The van der Waals surface area contributed by atoms with Gasteiger partial charge in [0.05, 0.1) is 6.04 Å². The van der Waals surface area contributed by atoms with E-state index in [0.29, 0.717) is 11.7 Å². The van der Waals surface area contributed by atoms with E-state index in [1.165, 1.54) is 10.4 Å². The monoisotopic (exact) mass is 272 g/mol. The van der Waals surface area contributed by atoms with E-state index in [4.69, 9.17) is 11.1 Å². The van der Waals surface area contributed by atoms with Crippen LogP contribution in [0.3, 0.4) is 0 Å². The van der Waals surface area contributed by atoms with Crippen LogP contribution in [0.15, 0.2) is 29.6 Å². The van der Waals surface area contributed by atoms with E-state index in [9.17, 15) is 0 Å². The van der Waals surface area contributed by atoms with Gasteiger partial charge in [-0.05, 0) is 42.5 Å². The van der Waals surface area contributed by atoms with Crippen molar-refractivity contribution in [3.63, 3.8) is 0 Å². The Morgan fingerprint density at radius 2 is 2.32 bits per heavy atom. The second kappa shape index (κ2) is 4.66. The summed E-state index contributed by atoms with van der Waals surface area (Å²) in [5, 5.41) is 9.64. The largest absolute Gasteiger partial charge is 0.382 e. The predicted molar refractivity (Wildman–Crippen MR) is 79.0 cm³/mol. The lowest BCUT2D eigenvalue weighted by molar-refractivity contribution is 0.625. The highest BCUT2D eigenvalue weighted by molar-refractivity contribution is 7.10. The molecule has 3 rings (SSSR count). The first-order chi connectivity index (χ1) is 9.16. The molecule has 3 heterocycles. The molecule has 0 radical (unpaired) electrons. The van der Waals surface area contributed by atoms with Gasteiger partial charge in [-0.15, -0.1) is 11.3 Å². The zero-order valence-corrected chi connectivity index (χ0v) is 11.6. The fourth-order valence-corrected chi connectivity index (χ4v) is 3.52. The number of rotatable bonds is 2. The van der Waals surface area contributed by atoms with Crippen LogP contribution < -0.4 is 10.6 Å². The van der Waals surface area contributed by atoms with Crippen LogP contribution in [0, 0.1) is 5.41 Å². The van der Waals surface area contributed by atoms with Crippen LogP contribution in [-0.4, -0.2) is 17.4 Å². The van der Waals surface area contributed by atoms with Crippen molar-refractivity contribution in [1.82, 2.24) is 4.98 Å². The Labute approximate surface area is 116 Å². The number of nitrogens with two attached hydrogens (primary N) is 1. The van der Waals surface area contributed by atoms with Crippen LogP contribution in [0.25, 0.3) is 0 Å². The lowest BCUT2D eigenvalue weighted by atomic mass is 10.0. The third-order valence-electron chi connectivity index (χ3n) is 3.58. The number of nitrogen functional groups attached to an aromatic ring is 1. The average Bonchev–Trinajstić information content (AvgIpc) is 2.88. The molecule has 0 aromatic carbocycles. The number of hydrogen-bond donors (Lipinski definition) is 2. The first-order valence-electron chi connectivity index (χ1n) is 6.31. The Morgan fingerprint density at radius 3 is 3.11 bits per heavy atom. The minimum Gasteiger partial charge on any atom is -0.382 e. The number of hydrogen-bond acceptors (Lipinski definition) is 4. The Morgan fingerprint density at radius 1 is 1.47 bits per heavy atom. The van der Waals surface area contributed by atoms with E-state index in [1.54, 1.807) is 6.07 Å². The van der Waals surface area contributed by atoms with Crippen molar-refractivity contribution in [2.24, 2.45) is 5.73 Å². The lowest BCUT2D eigenvalue weighted by Gasteiger charge is -2.34. The molecule has 0 bridgehead atoms. The summed E-state index contributed by atoms with van der Waals surface area (Å²) in [6.07, 6.45) is 1.06. The fourth-order valence-electron chi connectivity index (χ4n) is 2.56. The Bertz CT molecular complexity index is 619. The molecule has 0 saturated carbocycles. The molecule has 1 aliphatic heterocycles. The van der Waals surface area contributed by atoms with Gasteiger partial charge in [0.15, 0.2) is 0 Å². The smallest absolute Gasteiger partial charge is 0.141 e. The van der Waals surface area contributed by atoms with Gasteiger partial charge in [0.2, 0.25) is 0 Å². The average molecular weight is 272 g/mol. The molecule has 0 aliphatic carbocycles. The predicted octanol–water partition coefficient (Wildman–Crippen LogP) is 2.55. The quantitative estimate of drug-likeness (QED) is 0.652. The molecule has 0 fully saturated rings. The van der Waals surface area contributed by atoms with Gasteiger partial charge in [-0.3, -0.25) is 5.41 Å². The number of aromatic nitrogens is 1. The highest BCUT2D eigenvalue weighted by atomic mass is 32.1. The molecule has 0 spiro atoms. The third kappa shape index (κ3) is 2.10. The molecule has 0 saturated heterocycles. The maximum absolute atomic E-state index is 7.49.